The zero-order chi connectivity index (χ0) is 12.7. The van der Waals surface area contributed by atoms with Gasteiger partial charge in [0.25, 0.3) is 0 Å². The summed E-state index contributed by atoms with van der Waals surface area (Å²) in [5.41, 5.74) is 0. The first-order valence-corrected chi connectivity index (χ1v) is 7.11. The summed E-state index contributed by atoms with van der Waals surface area (Å²) in [6.07, 6.45) is 9.78. The average molecular weight is 250 g/mol. The Morgan fingerprint density at radius 2 is 1.72 bits per heavy atom. The lowest BCUT2D eigenvalue weighted by atomic mass is 9.49. The Morgan fingerprint density at radius 3 is 2.17 bits per heavy atom. The minimum atomic E-state index is -0.680. The maximum absolute atomic E-state index is 11.5. The number of hydrogen-bond acceptors (Lipinski definition) is 2. The van der Waals surface area contributed by atoms with Crippen molar-refractivity contribution in [2.45, 2.75) is 32.1 Å². The van der Waals surface area contributed by atoms with E-state index in [1.165, 1.54) is 32.1 Å². The predicted molar refractivity (Wildman–Crippen MR) is 67.8 cm³/mol. The van der Waals surface area contributed by atoms with E-state index < -0.39 is 5.97 Å². The predicted octanol–water partition coefficient (Wildman–Crippen LogP) is 2.92. The van der Waals surface area contributed by atoms with E-state index in [0.29, 0.717) is 17.8 Å². The largest absolute Gasteiger partial charge is 0.505 e. The molecule has 4 aliphatic carbocycles. The van der Waals surface area contributed by atoms with Crippen LogP contribution in [-0.2, 0) is 9.53 Å². The van der Waals surface area contributed by atoms with E-state index in [-0.39, 0.29) is 5.92 Å². The Hall–Kier alpha value is -0.990. The lowest BCUT2D eigenvalue weighted by Crippen LogP contribution is -2.48. The van der Waals surface area contributed by atoms with Gasteiger partial charge in [-0.1, -0.05) is 0 Å². The molecule has 0 aromatic rings. The molecule has 3 nitrogen and oxygen atoms in total. The molecule has 0 radical (unpaired) electrons. The number of aliphatic carboxylic acids is 1. The minimum Gasteiger partial charge on any atom is -0.505 e. The van der Waals surface area contributed by atoms with Gasteiger partial charge in [0, 0.05) is 0 Å². The van der Waals surface area contributed by atoms with E-state index in [1.54, 1.807) is 19.4 Å². The molecule has 0 saturated heterocycles. The molecule has 1 unspecified atom stereocenters. The summed E-state index contributed by atoms with van der Waals surface area (Å²) in [7, 11) is 1.58. The molecule has 0 aromatic heterocycles. The molecule has 4 fully saturated rings. The van der Waals surface area contributed by atoms with Gasteiger partial charge in [0.1, 0.15) is 0 Å². The fourth-order valence-corrected chi connectivity index (χ4v) is 5.09. The van der Waals surface area contributed by atoms with Gasteiger partial charge >= 0.3 is 5.97 Å². The topological polar surface area (TPSA) is 46.5 Å². The van der Waals surface area contributed by atoms with Crippen LogP contribution in [0.5, 0.6) is 0 Å². The lowest BCUT2D eigenvalue weighted by Gasteiger charge is -2.55. The molecule has 0 heterocycles. The third-order valence-corrected chi connectivity index (χ3v) is 5.42. The van der Waals surface area contributed by atoms with Crippen molar-refractivity contribution in [2.24, 2.45) is 35.5 Å². The highest BCUT2D eigenvalue weighted by Gasteiger charge is 2.51. The van der Waals surface area contributed by atoms with Gasteiger partial charge in [-0.15, -0.1) is 0 Å². The maximum Gasteiger partial charge on any atom is 0.310 e. The Bertz CT molecular complexity index is 333. The smallest absolute Gasteiger partial charge is 0.310 e. The van der Waals surface area contributed by atoms with Crippen LogP contribution in [0.3, 0.4) is 0 Å². The number of carboxylic acids is 1. The van der Waals surface area contributed by atoms with Gasteiger partial charge in [-0.2, -0.15) is 0 Å². The van der Waals surface area contributed by atoms with E-state index >= 15 is 0 Å². The molecule has 0 amide bonds. The molecule has 0 aromatic carbocycles. The van der Waals surface area contributed by atoms with E-state index in [1.807, 2.05) is 0 Å². The van der Waals surface area contributed by atoms with Crippen LogP contribution in [0, 0.1) is 35.5 Å². The first kappa shape index (κ1) is 12.1. The fourth-order valence-electron chi connectivity index (χ4n) is 5.09. The van der Waals surface area contributed by atoms with Gasteiger partial charge < -0.3 is 9.84 Å². The molecular formula is C15H22O3. The van der Waals surface area contributed by atoms with Crippen LogP contribution in [-0.4, -0.2) is 18.2 Å². The summed E-state index contributed by atoms with van der Waals surface area (Å²) in [6.45, 7) is 0. The number of ether oxygens (including phenoxy) is 1. The highest BCUT2D eigenvalue weighted by molar-refractivity contribution is 5.72. The second-order valence-corrected chi connectivity index (χ2v) is 6.44. The molecule has 100 valence electrons. The molecule has 4 aliphatic rings. The SMILES string of the molecule is CO/C=C/C(C(=O)O)C1C2CC3CC(C2)CC1C3. The summed E-state index contributed by atoms with van der Waals surface area (Å²) < 4.78 is 4.92. The molecule has 1 atom stereocenters. The lowest BCUT2D eigenvalue weighted by molar-refractivity contribution is -0.148. The van der Waals surface area contributed by atoms with Gasteiger partial charge in [0.05, 0.1) is 19.3 Å². The van der Waals surface area contributed by atoms with Crippen molar-refractivity contribution in [1.82, 2.24) is 0 Å². The van der Waals surface area contributed by atoms with Gasteiger partial charge in [-0.05, 0) is 67.8 Å². The van der Waals surface area contributed by atoms with Crippen molar-refractivity contribution in [3.8, 4) is 0 Å². The fraction of sp³-hybridized carbons (Fsp3) is 0.800. The molecule has 3 heteroatoms. The highest BCUT2D eigenvalue weighted by atomic mass is 16.5. The Balaban J connectivity index is 1.81. The second-order valence-electron chi connectivity index (χ2n) is 6.44. The van der Waals surface area contributed by atoms with Crippen molar-refractivity contribution in [1.29, 1.82) is 0 Å². The summed E-state index contributed by atoms with van der Waals surface area (Å²) in [5.74, 6) is 2.39. The Morgan fingerprint density at radius 1 is 1.17 bits per heavy atom. The van der Waals surface area contributed by atoms with Crippen molar-refractivity contribution in [3.05, 3.63) is 12.3 Å². The van der Waals surface area contributed by atoms with Gasteiger partial charge in [-0.25, -0.2) is 0 Å². The van der Waals surface area contributed by atoms with Crippen LogP contribution in [0.25, 0.3) is 0 Å². The van der Waals surface area contributed by atoms with Crippen LogP contribution in [0.2, 0.25) is 0 Å². The molecule has 4 rings (SSSR count). The summed E-state index contributed by atoms with van der Waals surface area (Å²) in [6, 6.07) is 0. The molecular weight excluding hydrogens is 228 g/mol. The standard InChI is InChI=1S/C15H22O3/c1-18-3-2-13(15(16)17)14-11-5-9-4-10(7-11)8-12(14)6-9/h2-3,9-14H,4-8H2,1H3,(H,16,17)/b3-2+. The van der Waals surface area contributed by atoms with E-state index in [9.17, 15) is 9.90 Å². The number of carbonyl (C=O) groups is 1. The van der Waals surface area contributed by atoms with Crippen molar-refractivity contribution >= 4 is 5.97 Å². The van der Waals surface area contributed by atoms with Crippen LogP contribution in [0.15, 0.2) is 12.3 Å². The van der Waals surface area contributed by atoms with Crippen LogP contribution in [0.1, 0.15) is 32.1 Å². The molecule has 1 N–H and O–H groups in total. The number of hydrogen-bond donors (Lipinski definition) is 1. The van der Waals surface area contributed by atoms with E-state index in [2.05, 4.69) is 0 Å². The van der Waals surface area contributed by atoms with Gasteiger partial charge in [-0.3, -0.25) is 4.79 Å². The quantitative estimate of drug-likeness (QED) is 0.780. The van der Waals surface area contributed by atoms with Crippen molar-refractivity contribution < 1.29 is 14.6 Å². The summed E-state index contributed by atoms with van der Waals surface area (Å²) >= 11 is 0. The molecule has 4 saturated carbocycles. The second kappa shape index (κ2) is 4.60. The molecule has 4 bridgehead atoms. The van der Waals surface area contributed by atoms with Crippen LogP contribution >= 0.6 is 0 Å². The van der Waals surface area contributed by atoms with E-state index in [4.69, 9.17) is 4.74 Å². The van der Waals surface area contributed by atoms with Gasteiger partial charge in [0.2, 0.25) is 0 Å². The first-order chi connectivity index (χ1) is 8.69. The van der Waals surface area contributed by atoms with E-state index in [0.717, 1.165) is 11.8 Å². The monoisotopic (exact) mass is 250 g/mol. The molecule has 0 aliphatic heterocycles. The summed E-state index contributed by atoms with van der Waals surface area (Å²) in [5, 5.41) is 9.48. The minimum absolute atomic E-state index is 0.347. The highest BCUT2D eigenvalue weighted by Crippen LogP contribution is 2.58. The number of carboxylic acid groups (broad SMARTS) is 1. The van der Waals surface area contributed by atoms with Gasteiger partial charge in [0.15, 0.2) is 0 Å². The number of methoxy groups -OCH3 is 1. The third kappa shape index (κ3) is 1.94. The average Bonchev–Trinajstić information content (AvgIpc) is 2.31. The first-order valence-electron chi connectivity index (χ1n) is 7.11. The number of rotatable bonds is 4. The molecule has 18 heavy (non-hydrogen) atoms. The normalized spacial score (nSPS) is 43.3. The van der Waals surface area contributed by atoms with Crippen molar-refractivity contribution in [2.75, 3.05) is 7.11 Å². The zero-order valence-corrected chi connectivity index (χ0v) is 10.9. The third-order valence-electron chi connectivity index (χ3n) is 5.42. The van der Waals surface area contributed by atoms with Crippen LogP contribution < -0.4 is 0 Å². The maximum atomic E-state index is 11.5. The van der Waals surface area contributed by atoms with Crippen molar-refractivity contribution in [3.63, 3.8) is 0 Å². The van der Waals surface area contributed by atoms with Crippen LogP contribution in [0.4, 0.5) is 0 Å². The Kier molecular flexibility index (Phi) is 3.08. The zero-order valence-electron chi connectivity index (χ0n) is 10.9. The summed E-state index contributed by atoms with van der Waals surface area (Å²) in [4.78, 5) is 11.5. The molecule has 0 spiro atoms. The Labute approximate surface area is 108 Å².